The van der Waals surface area contributed by atoms with Gasteiger partial charge >= 0.3 is 6.18 Å². The molecule has 0 saturated carbocycles. The van der Waals surface area contributed by atoms with Crippen molar-refractivity contribution in [2.75, 3.05) is 44.7 Å². The molecule has 36 heavy (non-hydrogen) atoms. The van der Waals surface area contributed by atoms with Gasteiger partial charge in [0.05, 0.1) is 5.56 Å². The molecule has 1 aromatic heterocycles. The fourth-order valence-corrected chi connectivity index (χ4v) is 5.23. The van der Waals surface area contributed by atoms with Gasteiger partial charge in [0.2, 0.25) is 0 Å². The van der Waals surface area contributed by atoms with Gasteiger partial charge in [-0.2, -0.15) is 13.2 Å². The molecule has 0 unspecified atom stereocenters. The van der Waals surface area contributed by atoms with Gasteiger partial charge in [0.1, 0.15) is 11.4 Å². The van der Waals surface area contributed by atoms with E-state index in [1.54, 1.807) is 0 Å². The zero-order chi connectivity index (χ0) is 25.6. The van der Waals surface area contributed by atoms with E-state index in [1.165, 1.54) is 17.6 Å². The standard InChI is InChI=1S/C27H35F3N4O2/c1-36-26(11-14-31-15-12-26)25(35)34(24-19-23(7-13-32-24)27(28,29)30)18-10-21-8-16-33(17-9-21)20-22-5-3-2-4-6-22/h2-7,13,19,21,31H,8-12,14-18,20H2,1H3. The largest absolute Gasteiger partial charge is 0.416 e. The van der Waals surface area contributed by atoms with Crippen molar-refractivity contribution in [2.24, 2.45) is 5.92 Å². The van der Waals surface area contributed by atoms with Crippen LogP contribution in [0.25, 0.3) is 0 Å². The first-order valence-electron chi connectivity index (χ1n) is 12.7. The van der Waals surface area contributed by atoms with Crippen LogP contribution in [0.15, 0.2) is 48.7 Å². The van der Waals surface area contributed by atoms with Crippen molar-refractivity contribution in [3.05, 3.63) is 59.8 Å². The molecule has 1 N–H and O–H groups in total. The van der Waals surface area contributed by atoms with Crippen molar-refractivity contribution in [1.82, 2.24) is 15.2 Å². The van der Waals surface area contributed by atoms with Gasteiger partial charge in [-0.1, -0.05) is 30.3 Å². The fraction of sp³-hybridized carbons (Fsp3) is 0.556. The molecule has 2 fully saturated rings. The zero-order valence-corrected chi connectivity index (χ0v) is 20.8. The number of methoxy groups -OCH3 is 1. The number of aromatic nitrogens is 1. The Hall–Kier alpha value is -2.49. The van der Waals surface area contributed by atoms with Crippen molar-refractivity contribution >= 4 is 11.7 Å². The Balaban J connectivity index is 1.45. The molecule has 196 valence electrons. The Bertz CT molecular complexity index is 988. The van der Waals surface area contributed by atoms with Crippen LogP contribution in [-0.4, -0.2) is 61.2 Å². The number of pyridine rings is 1. The van der Waals surface area contributed by atoms with Crippen LogP contribution in [0.3, 0.4) is 0 Å². The molecule has 3 heterocycles. The van der Waals surface area contributed by atoms with E-state index in [2.05, 4.69) is 27.3 Å². The number of anilines is 1. The lowest BCUT2D eigenvalue weighted by Crippen LogP contribution is -2.56. The maximum atomic E-state index is 13.8. The van der Waals surface area contributed by atoms with Crippen LogP contribution in [0.5, 0.6) is 0 Å². The average Bonchev–Trinajstić information content (AvgIpc) is 2.90. The molecule has 1 amide bonds. The van der Waals surface area contributed by atoms with Gasteiger partial charge in [-0.15, -0.1) is 0 Å². The summed E-state index contributed by atoms with van der Waals surface area (Å²) >= 11 is 0. The van der Waals surface area contributed by atoms with E-state index in [4.69, 9.17) is 4.74 Å². The SMILES string of the molecule is COC1(C(=O)N(CCC2CCN(Cc3ccccc3)CC2)c2cc(C(F)(F)F)ccn2)CCNCC1. The lowest BCUT2D eigenvalue weighted by Gasteiger charge is -2.39. The Morgan fingerprint density at radius 2 is 1.86 bits per heavy atom. The van der Waals surface area contributed by atoms with E-state index >= 15 is 0 Å². The Kier molecular flexibility index (Phi) is 8.64. The minimum atomic E-state index is -4.51. The number of benzene rings is 1. The normalized spacial score (nSPS) is 19.2. The van der Waals surface area contributed by atoms with E-state index in [9.17, 15) is 18.0 Å². The number of alkyl halides is 3. The van der Waals surface area contributed by atoms with Crippen molar-refractivity contribution in [3.63, 3.8) is 0 Å². The van der Waals surface area contributed by atoms with Gasteiger partial charge in [0, 0.05) is 26.4 Å². The smallest absolute Gasteiger partial charge is 0.368 e. The Morgan fingerprint density at radius 3 is 2.50 bits per heavy atom. The lowest BCUT2D eigenvalue weighted by molar-refractivity contribution is -0.144. The number of amides is 1. The highest BCUT2D eigenvalue weighted by Crippen LogP contribution is 2.33. The summed E-state index contributed by atoms with van der Waals surface area (Å²) in [6.07, 6.45) is 0.245. The number of carbonyl (C=O) groups excluding carboxylic acids is 1. The fourth-order valence-electron chi connectivity index (χ4n) is 5.23. The van der Waals surface area contributed by atoms with Gasteiger partial charge in [0.25, 0.3) is 5.91 Å². The Morgan fingerprint density at radius 1 is 1.17 bits per heavy atom. The second-order valence-corrected chi connectivity index (χ2v) is 9.80. The van der Waals surface area contributed by atoms with E-state index in [0.717, 1.165) is 50.8 Å². The van der Waals surface area contributed by atoms with Crippen molar-refractivity contribution in [1.29, 1.82) is 0 Å². The van der Waals surface area contributed by atoms with Gasteiger partial charge < -0.3 is 10.1 Å². The maximum absolute atomic E-state index is 13.8. The molecular formula is C27H35F3N4O2. The van der Waals surface area contributed by atoms with Crippen LogP contribution >= 0.6 is 0 Å². The molecule has 2 aliphatic heterocycles. The first-order chi connectivity index (χ1) is 17.3. The third kappa shape index (κ3) is 6.44. The molecule has 2 aromatic rings. The Labute approximate surface area is 210 Å². The number of nitrogens with one attached hydrogen (secondary N) is 1. The molecule has 9 heteroatoms. The summed E-state index contributed by atoms with van der Waals surface area (Å²) < 4.78 is 46.0. The third-order valence-corrected chi connectivity index (χ3v) is 7.50. The van der Waals surface area contributed by atoms with Crippen LogP contribution in [0.4, 0.5) is 19.0 Å². The summed E-state index contributed by atoms with van der Waals surface area (Å²) in [5.41, 5.74) is -0.577. The average molecular weight is 505 g/mol. The number of hydrogen-bond donors (Lipinski definition) is 1. The molecule has 4 rings (SSSR count). The number of halogens is 3. The zero-order valence-electron chi connectivity index (χ0n) is 20.8. The maximum Gasteiger partial charge on any atom is 0.416 e. The molecular weight excluding hydrogens is 469 g/mol. The highest BCUT2D eigenvalue weighted by Gasteiger charge is 2.43. The van der Waals surface area contributed by atoms with Crippen molar-refractivity contribution in [2.45, 2.75) is 50.4 Å². The summed E-state index contributed by atoms with van der Waals surface area (Å²) in [5, 5.41) is 3.22. The first kappa shape index (κ1) is 26.6. The summed E-state index contributed by atoms with van der Waals surface area (Å²) in [4.78, 5) is 21.8. The van der Waals surface area contributed by atoms with Crippen LogP contribution in [0, 0.1) is 5.92 Å². The van der Waals surface area contributed by atoms with Gasteiger partial charge in [0.15, 0.2) is 0 Å². The van der Waals surface area contributed by atoms with E-state index < -0.39 is 17.3 Å². The second-order valence-electron chi connectivity index (χ2n) is 9.80. The summed E-state index contributed by atoms with van der Waals surface area (Å²) in [5.74, 6) is 0.121. The number of ether oxygens (including phenoxy) is 1. The topological polar surface area (TPSA) is 57.7 Å². The quantitative estimate of drug-likeness (QED) is 0.574. The van der Waals surface area contributed by atoms with Crippen LogP contribution in [0.2, 0.25) is 0 Å². The molecule has 1 aromatic carbocycles. The minimum absolute atomic E-state index is 0.0336. The molecule has 0 radical (unpaired) electrons. The van der Waals surface area contributed by atoms with E-state index in [-0.39, 0.29) is 11.7 Å². The molecule has 0 aliphatic carbocycles. The molecule has 0 bridgehead atoms. The lowest BCUT2D eigenvalue weighted by atomic mass is 9.89. The number of carbonyl (C=O) groups is 1. The summed E-state index contributed by atoms with van der Waals surface area (Å²) in [6.45, 7) is 4.38. The minimum Gasteiger partial charge on any atom is -0.368 e. The van der Waals surface area contributed by atoms with Crippen molar-refractivity contribution in [3.8, 4) is 0 Å². The highest BCUT2D eigenvalue weighted by molar-refractivity contribution is 5.99. The first-order valence-corrected chi connectivity index (χ1v) is 12.7. The molecule has 0 spiro atoms. The molecule has 6 nitrogen and oxygen atoms in total. The van der Waals surface area contributed by atoms with Gasteiger partial charge in [-0.25, -0.2) is 4.98 Å². The second kappa shape index (κ2) is 11.7. The number of nitrogens with zero attached hydrogens (tertiary/aromatic N) is 3. The molecule has 0 atom stereocenters. The van der Waals surface area contributed by atoms with Gasteiger partial charge in [-0.05, 0) is 81.9 Å². The predicted molar refractivity (Wildman–Crippen MR) is 132 cm³/mol. The third-order valence-electron chi connectivity index (χ3n) is 7.50. The van der Waals surface area contributed by atoms with Crippen LogP contribution in [-0.2, 0) is 22.3 Å². The predicted octanol–water partition coefficient (Wildman–Crippen LogP) is 4.50. The molecule has 2 saturated heterocycles. The summed E-state index contributed by atoms with van der Waals surface area (Å²) in [7, 11) is 1.50. The van der Waals surface area contributed by atoms with Crippen LogP contribution < -0.4 is 10.2 Å². The van der Waals surface area contributed by atoms with Crippen molar-refractivity contribution < 1.29 is 22.7 Å². The number of likely N-dealkylation sites (tertiary alicyclic amines) is 1. The number of piperidine rings is 2. The van der Waals surface area contributed by atoms with Crippen LogP contribution in [0.1, 0.15) is 43.2 Å². The van der Waals surface area contributed by atoms with Gasteiger partial charge in [-0.3, -0.25) is 14.6 Å². The monoisotopic (exact) mass is 504 g/mol. The molecule has 2 aliphatic rings. The van der Waals surface area contributed by atoms with E-state index in [1.807, 2.05) is 18.2 Å². The summed E-state index contributed by atoms with van der Waals surface area (Å²) in [6, 6.07) is 12.3. The number of rotatable bonds is 8. The highest BCUT2D eigenvalue weighted by atomic mass is 19.4. The number of hydrogen-bond acceptors (Lipinski definition) is 5. The van der Waals surface area contributed by atoms with E-state index in [0.29, 0.717) is 44.8 Å².